The molecule has 124 valence electrons. The van der Waals surface area contributed by atoms with Gasteiger partial charge in [-0.3, -0.25) is 0 Å². The number of hydrazine groups is 1. The van der Waals surface area contributed by atoms with Crippen molar-refractivity contribution in [3.05, 3.63) is 67.1 Å². The SMILES string of the molecule is COc1ccc(-n2cc(-c3ccccc3)c3c(NN)ncnc32)cc1. The lowest BCUT2D eigenvalue weighted by atomic mass is 10.1. The molecule has 4 aromatic rings. The van der Waals surface area contributed by atoms with Gasteiger partial charge in [-0.1, -0.05) is 30.3 Å². The molecule has 0 saturated carbocycles. The predicted molar refractivity (Wildman–Crippen MR) is 98.7 cm³/mol. The molecule has 6 nitrogen and oxygen atoms in total. The number of nitrogens with one attached hydrogen (secondary N) is 1. The Morgan fingerprint density at radius 2 is 1.76 bits per heavy atom. The minimum Gasteiger partial charge on any atom is -0.497 e. The molecule has 25 heavy (non-hydrogen) atoms. The molecule has 3 N–H and O–H groups in total. The molecule has 0 amide bonds. The molecule has 4 rings (SSSR count). The van der Waals surface area contributed by atoms with E-state index >= 15 is 0 Å². The van der Waals surface area contributed by atoms with Crippen LogP contribution >= 0.6 is 0 Å². The third-order valence-electron chi connectivity index (χ3n) is 4.16. The Kier molecular flexibility index (Phi) is 3.80. The van der Waals surface area contributed by atoms with Crippen LogP contribution in [0, 0.1) is 0 Å². The Morgan fingerprint density at radius 1 is 1.00 bits per heavy atom. The van der Waals surface area contributed by atoms with Gasteiger partial charge >= 0.3 is 0 Å². The van der Waals surface area contributed by atoms with E-state index in [0.717, 1.165) is 33.6 Å². The van der Waals surface area contributed by atoms with Gasteiger partial charge in [-0.05, 0) is 29.8 Å². The lowest BCUT2D eigenvalue weighted by molar-refractivity contribution is 0.415. The lowest BCUT2D eigenvalue weighted by Gasteiger charge is -2.06. The number of hydrogen-bond donors (Lipinski definition) is 2. The van der Waals surface area contributed by atoms with Gasteiger partial charge in [-0.15, -0.1) is 0 Å². The van der Waals surface area contributed by atoms with Gasteiger partial charge in [0.15, 0.2) is 11.5 Å². The van der Waals surface area contributed by atoms with Crippen molar-refractivity contribution in [2.75, 3.05) is 12.5 Å². The maximum atomic E-state index is 5.68. The maximum absolute atomic E-state index is 5.68. The van der Waals surface area contributed by atoms with E-state index < -0.39 is 0 Å². The first-order chi connectivity index (χ1) is 12.3. The summed E-state index contributed by atoms with van der Waals surface area (Å²) in [6, 6.07) is 17.9. The summed E-state index contributed by atoms with van der Waals surface area (Å²) in [5.74, 6) is 7.08. The molecule has 0 fully saturated rings. The summed E-state index contributed by atoms with van der Waals surface area (Å²) in [5.41, 5.74) is 6.53. The van der Waals surface area contributed by atoms with Gasteiger partial charge in [0.1, 0.15) is 12.1 Å². The fourth-order valence-electron chi connectivity index (χ4n) is 2.95. The zero-order chi connectivity index (χ0) is 17.2. The highest BCUT2D eigenvalue weighted by molar-refractivity contribution is 6.01. The quantitative estimate of drug-likeness (QED) is 0.443. The molecule has 2 aromatic heterocycles. The summed E-state index contributed by atoms with van der Waals surface area (Å²) in [4.78, 5) is 8.75. The minimum atomic E-state index is 0.594. The van der Waals surface area contributed by atoms with Gasteiger partial charge in [0.05, 0.1) is 12.5 Å². The van der Waals surface area contributed by atoms with Gasteiger partial charge in [-0.2, -0.15) is 0 Å². The topological polar surface area (TPSA) is 78.0 Å². The number of hydrogen-bond acceptors (Lipinski definition) is 5. The predicted octanol–water partition coefficient (Wildman–Crippen LogP) is 3.38. The van der Waals surface area contributed by atoms with Crippen molar-refractivity contribution in [1.29, 1.82) is 0 Å². The first-order valence-corrected chi connectivity index (χ1v) is 7.84. The van der Waals surface area contributed by atoms with Gasteiger partial charge < -0.3 is 14.7 Å². The summed E-state index contributed by atoms with van der Waals surface area (Å²) in [6.45, 7) is 0. The first-order valence-electron chi connectivity index (χ1n) is 7.84. The Morgan fingerprint density at radius 3 is 2.44 bits per heavy atom. The normalized spacial score (nSPS) is 10.8. The van der Waals surface area contributed by atoms with E-state index in [4.69, 9.17) is 10.6 Å². The highest BCUT2D eigenvalue weighted by atomic mass is 16.5. The van der Waals surface area contributed by atoms with Crippen LogP contribution in [0.15, 0.2) is 67.1 Å². The van der Waals surface area contributed by atoms with Crippen molar-refractivity contribution < 1.29 is 4.74 Å². The summed E-state index contributed by atoms with van der Waals surface area (Å²) >= 11 is 0. The number of nitrogens with two attached hydrogens (primary N) is 1. The second kappa shape index (κ2) is 6.26. The van der Waals surface area contributed by atoms with E-state index in [2.05, 4.69) is 33.7 Å². The number of nitrogen functional groups attached to an aromatic ring is 1. The number of benzene rings is 2. The summed E-state index contributed by atoms with van der Waals surface area (Å²) in [6.07, 6.45) is 3.56. The average molecular weight is 331 g/mol. The van der Waals surface area contributed by atoms with E-state index in [9.17, 15) is 0 Å². The third kappa shape index (κ3) is 2.58. The number of rotatable bonds is 4. The minimum absolute atomic E-state index is 0.594. The Labute approximate surface area is 144 Å². The highest BCUT2D eigenvalue weighted by Crippen LogP contribution is 2.35. The molecular formula is C19H17N5O. The zero-order valence-corrected chi connectivity index (χ0v) is 13.7. The number of aromatic nitrogens is 3. The molecule has 2 aromatic carbocycles. The molecule has 0 aliphatic rings. The maximum Gasteiger partial charge on any atom is 0.153 e. The first kappa shape index (κ1) is 15.2. The Bertz CT molecular complexity index is 1010. The van der Waals surface area contributed by atoms with Gasteiger partial charge in [-0.25, -0.2) is 15.8 Å². The zero-order valence-electron chi connectivity index (χ0n) is 13.7. The average Bonchev–Trinajstić information content (AvgIpc) is 3.08. The van der Waals surface area contributed by atoms with E-state index in [1.54, 1.807) is 7.11 Å². The molecule has 0 radical (unpaired) electrons. The smallest absolute Gasteiger partial charge is 0.153 e. The highest BCUT2D eigenvalue weighted by Gasteiger charge is 2.16. The lowest BCUT2D eigenvalue weighted by Crippen LogP contribution is -2.09. The number of nitrogens with zero attached hydrogens (tertiary/aromatic N) is 3. The van der Waals surface area contributed by atoms with Crippen molar-refractivity contribution in [2.45, 2.75) is 0 Å². The molecule has 0 unspecified atom stereocenters. The van der Waals surface area contributed by atoms with Gasteiger partial charge in [0.25, 0.3) is 0 Å². The Balaban J connectivity index is 1.99. The number of fused-ring (bicyclic) bond motifs is 1. The largest absolute Gasteiger partial charge is 0.497 e. The monoisotopic (exact) mass is 331 g/mol. The van der Waals surface area contributed by atoms with Gasteiger partial charge in [0, 0.05) is 17.4 Å². The van der Waals surface area contributed by atoms with Crippen LogP contribution in [-0.2, 0) is 0 Å². The van der Waals surface area contributed by atoms with Crippen LogP contribution in [0.2, 0.25) is 0 Å². The number of methoxy groups -OCH3 is 1. The number of ether oxygens (including phenoxy) is 1. The van der Waals surface area contributed by atoms with Crippen molar-refractivity contribution >= 4 is 16.9 Å². The third-order valence-corrected chi connectivity index (χ3v) is 4.16. The van der Waals surface area contributed by atoms with Crippen LogP contribution in [0.1, 0.15) is 0 Å². The molecule has 0 aliphatic heterocycles. The molecule has 0 bridgehead atoms. The van der Waals surface area contributed by atoms with E-state index in [1.807, 2.05) is 47.0 Å². The number of anilines is 1. The molecule has 0 spiro atoms. The second-order valence-corrected chi connectivity index (χ2v) is 5.54. The molecule has 2 heterocycles. The summed E-state index contributed by atoms with van der Waals surface area (Å²) in [7, 11) is 1.65. The molecule has 0 aliphatic carbocycles. The van der Waals surface area contributed by atoms with E-state index in [-0.39, 0.29) is 0 Å². The molecular weight excluding hydrogens is 314 g/mol. The van der Waals surface area contributed by atoms with Gasteiger partial charge in [0.2, 0.25) is 0 Å². The van der Waals surface area contributed by atoms with Crippen molar-refractivity contribution in [2.24, 2.45) is 5.84 Å². The van der Waals surface area contributed by atoms with Crippen molar-refractivity contribution in [3.63, 3.8) is 0 Å². The molecule has 0 atom stereocenters. The molecule has 0 saturated heterocycles. The Hall–Kier alpha value is -3.38. The fourth-order valence-corrected chi connectivity index (χ4v) is 2.95. The van der Waals surface area contributed by atoms with Crippen molar-refractivity contribution in [1.82, 2.24) is 14.5 Å². The standard InChI is InChI=1S/C19H17N5O/c1-25-15-9-7-14(8-10-15)24-11-16(13-5-3-2-4-6-13)17-18(23-20)21-12-22-19(17)24/h2-12H,20H2,1H3,(H,21,22,23). The van der Waals surface area contributed by atoms with Crippen LogP contribution in [-0.4, -0.2) is 21.6 Å². The second-order valence-electron chi connectivity index (χ2n) is 5.54. The van der Waals surface area contributed by atoms with Crippen LogP contribution in [0.4, 0.5) is 5.82 Å². The van der Waals surface area contributed by atoms with Crippen LogP contribution < -0.4 is 16.0 Å². The summed E-state index contributed by atoms with van der Waals surface area (Å²) < 4.78 is 7.27. The van der Waals surface area contributed by atoms with E-state index in [0.29, 0.717) is 5.82 Å². The molecule has 6 heteroatoms. The van der Waals surface area contributed by atoms with Crippen LogP contribution in [0.5, 0.6) is 5.75 Å². The summed E-state index contributed by atoms with van der Waals surface area (Å²) in [5, 5.41) is 0.881. The van der Waals surface area contributed by atoms with Crippen LogP contribution in [0.3, 0.4) is 0 Å². The van der Waals surface area contributed by atoms with Crippen molar-refractivity contribution in [3.8, 4) is 22.6 Å². The van der Waals surface area contributed by atoms with Crippen LogP contribution in [0.25, 0.3) is 27.8 Å². The van der Waals surface area contributed by atoms with E-state index in [1.165, 1.54) is 6.33 Å². The fraction of sp³-hybridized carbons (Fsp3) is 0.0526.